The van der Waals surface area contributed by atoms with E-state index in [2.05, 4.69) is 36.0 Å². The molecule has 2 amide bonds. The van der Waals surface area contributed by atoms with Gasteiger partial charge in [-0.3, -0.25) is 14.5 Å². The van der Waals surface area contributed by atoms with E-state index in [0.29, 0.717) is 17.3 Å². The maximum atomic E-state index is 13.6. The molecule has 1 atom stereocenters. The Bertz CT molecular complexity index is 1520. The Morgan fingerprint density at radius 3 is 2.64 bits per heavy atom. The van der Waals surface area contributed by atoms with Crippen LogP contribution in [0.15, 0.2) is 82.5 Å². The van der Waals surface area contributed by atoms with Gasteiger partial charge in [-0.15, -0.1) is 0 Å². The maximum Gasteiger partial charge on any atom is 0.259 e. The number of carbonyl (C=O) groups excluding carboxylic acids is 2. The van der Waals surface area contributed by atoms with Crippen LogP contribution in [0.1, 0.15) is 44.4 Å². The van der Waals surface area contributed by atoms with Crippen molar-refractivity contribution < 1.29 is 14.0 Å². The largest absolute Gasteiger partial charge is 0.460 e. The van der Waals surface area contributed by atoms with Crippen molar-refractivity contribution in [3.05, 3.63) is 89.5 Å². The lowest BCUT2D eigenvalue weighted by molar-refractivity contribution is -0.139. The van der Waals surface area contributed by atoms with Gasteiger partial charge in [0.15, 0.2) is 0 Å². The summed E-state index contributed by atoms with van der Waals surface area (Å²) in [5.74, 6) is 1.08. The van der Waals surface area contributed by atoms with Gasteiger partial charge < -0.3 is 14.3 Å². The molecule has 0 radical (unpaired) electrons. The number of rotatable bonds is 5. The third kappa shape index (κ3) is 3.56. The smallest absolute Gasteiger partial charge is 0.259 e. The first-order valence-electron chi connectivity index (χ1n) is 12.5. The summed E-state index contributed by atoms with van der Waals surface area (Å²) in [6.07, 6.45) is 3.22. The molecule has 0 bridgehead atoms. The molecule has 36 heavy (non-hydrogen) atoms. The van der Waals surface area contributed by atoms with Crippen LogP contribution in [0.4, 0.5) is 5.69 Å². The van der Waals surface area contributed by atoms with Crippen LogP contribution in [0, 0.1) is 5.92 Å². The molecule has 2 aliphatic rings. The molecule has 4 aromatic rings. The summed E-state index contributed by atoms with van der Waals surface area (Å²) in [5.41, 5.74) is 5.43. The van der Waals surface area contributed by atoms with Crippen LogP contribution < -0.4 is 5.32 Å². The summed E-state index contributed by atoms with van der Waals surface area (Å²) in [5, 5.41) is 4.63. The molecule has 6 heteroatoms. The number of aromatic nitrogens is 1. The summed E-state index contributed by atoms with van der Waals surface area (Å²) in [6, 6.07) is 20.1. The number of anilines is 1. The van der Waals surface area contributed by atoms with Gasteiger partial charge in [0.1, 0.15) is 11.5 Å². The number of hydrogen-bond acceptors (Lipinski definition) is 4. The fourth-order valence-electron chi connectivity index (χ4n) is 5.42. The second-order valence-corrected chi connectivity index (χ2v) is 10.1. The fraction of sp³-hybridized carbons (Fsp3) is 0.267. The van der Waals surface area contributed by atoms with Gasteiger partial charge in [-0.2, -0.15) is 0 Å². The van der Waals surface area contributed by atoms with E-state index in [4.69, 9.17) is 4.42 Å². The van der Waals surface area contributed by atoms with Crippen LogP contribution in [-0.4, -0.2) is 27.8 Å². The number of amides is 2. The van der Waals surface area contributed by atoms with E-state index in [1.165, 1.54) is 11.8 Å². The first-order chi connectivity index (χ1) is 17.4. The lowest BCUT2D eigenvalue weighted by Gasteiger charge is -2.17. The zero-order valence-electron chi connectivity index (χ0n) is 20.7. The fourth-order valence-corrected chi connectivity index (χ4v) is 5.42. The van der Waals surface area contributed by atoms with Gasteiger partial charge in [-0.25, -0.2) is 0 Å². The van der Waals surface area contributed by atoms with Crippen LogP contribution in [0.2, 0.25) is 0 Å². The lowest BCUT2D eigenvalue weighted by atomic mass is 9.88. The van der Waals surface area contributed by atoms with Crippen LogP contribution in [0.25, 0.3) is 22.2 Å². The van der Waals surface area contributed by atoms with Crippen molar-refractivity contribution in [2.75, 3.05) is 11.9 Å². The Hall–Kier alpha value is -4.06. The zero-order valence-corrected chi connectivity index (χ0v) is 20.7. The van der Waals surface area contributed by atoms with Gasteiger partial charge in [-0.1, -0.05) is 50.2 Å². The number of imide groups is 1. The first-order valence-corrected chi connectivity index (χ1v) is 12.5. The van der Waals surface area contributed by atoms with E-state index in [1.807, 2.05) is 54.6 Å². The normalized spacial score (nSPS) is 17.1. The number of carbonyl (C=O) groups is 2. The number of nitrogens with one attached hydrogen (secondary N) is 1. The molecule has 0 unspecified atom stereocenters. The Labute approximate surface area is 210 Å². The summed E-state index contributed by atoms with van der Waals surface area (Å²) in [7, 11) is 0. The van der Waals surface area contributed by atoms with Gasteiger partial charge in [-0.05, 0) is 42.2 Å². The number of hydrogen-bond donors (Lipinski definition) is 1. The molecular weight excluding hydrogens is 450 g/mol. The molecule has 4 heterocycles. The van der Waals surface area contributed by atoms with E-state index in [-0.39, 0.29) is 18.4 Å². The van der Waals surface area contributed by atoms with Gasteiger partial charge in [0.2, 0.25) is 5.91 Å². The van der Waals surface area contributed by atoms with Crippen LogP contribution >= 0.6 is 0 Å². The Morgan fingerprint density at radius 2 is 1.89 bits per heavy atom. The predicted octanol–water partition coefficient (Wildman–Crippen LogP) is 6.15. The predicted molar refractivity (Wildman–Crippen MR) is 140 cm³/mol. The van der Waals surface area contributed by atoms with Crippen molar-refractivity contribution in [3.63, 3.8) is 0 Å². The summed E-state index contributed by atoms with van der Waals surface area (Å²) < 4.78 is 8.73. The minimum Gasteiger partial charge on any atom is -0.460 e. The van der Waals surface area contributed by atoms with Gasteiger partial charge >= 0.3 is 0 Å². The first kappa shape index (κ1) is 22.4. The molecule has 0 saturated heterocycles. The van der Waals surface area contributed by atoms with Crippen LogP contribution in [-0.2, 0) is 16.1 Å². The summed E-state index contributed by atoms with van der Waals surface area (Å²) in [6.45, 7) is 7.01. The standard InChI is InChI=1S/C30H29N3O3/c1-18(2)14-15-32-16-21-27-22(10-7-11-24(27)32)31-23-17-33(19(3)34)30(35)29(23)28(21)26-13-12-25(36-26)20-8-5-4-6-9-20/h4-13,16,18,28,31H,14-15,17H2,1-3H3/t28-/m0/s1. The van der Waals surface area contributed by atoms with Crippen molar-refractivity contribution in [3.8, 4) is 11.3 Å². The average molecular weight is 480 g/mol. The molecule has 0 aliphatic carbocycles. The molecule has 0 saturated carbocycles. The van der Waals surface area contributed by atoms with Crippen LogP contribution in [0.5, 0.6) is 0 Å². The quantitative estimate of drug-likeness (QED) is 0.373. The number of aryl methyl sites for hydroxylation is 1. The highest BCUT2D eigenvalue weighted by Gasteiger charge is 2.42. The monoisotopic (exact) mass is 479 g/mol. The van der Waals surface area contributed by atoms with Crippen molar-refractivity contribution >= 4 is 28.4 Å². The van der Waals surface area contributed by atoms with E-state index < -0.39 is 5.92 Å². The molecule has 0 fully saturated rings. The van der Waals surface area contributed by atoms with Crippen LogP contribution in [0.3, 0.4) is 0 Å². The molecular formula is C30H29N3O3. The number of furan rings is 1. The maximum absolute atomic E-state index is 13.6. The Balaban J connectivity index is 1.56. The third-order valence-corrected chi connectivity index (χ3v) is 7.23. The number of benzene rings is 2. The topological polar surface area (TPSA) is 67.5 Å². The molecule has 6 rings (SSSR count). The minimum atomic E-state index is -0.423. The molecule has 2 aromatic carbocycles. The highest BCUT2D eigenvalue weighted by atomic mass is 16.3. The average Bonchev–Trinajstić information content (AvgIpc) is 3.55. The van der Waals surface area contributed by atoms with Crippen molar-refractivity contribution in [1.82, 2.24) is 9.47 Å². The highest BCUT2D eigenvalue weighted by molar-refractivity contribution is 6.11. The molecule has 6 nitrogen and oxygen atoms in total. The van der Waals surface area contributed by atoms with Crippen molar-refractivity contribution in [2.45, 2.75) is 39.7 Å². The minimum absolute atomic E-state index is 0.236. The van der Waals surface area contributed by atoms with Crippen molar-refractivity contribution in [2.24, 2.45) is 5.92 Å². The van der Waals surface area contributed by atoms with Crippen molar-refractivity contribution in [1.29, 1.82) is 0 Å². The SMILES string of the molecule is CC(=O)N1CC2=C(C1=O)[C@H](c1ccc(-c3ccccc3)o1)c1cn(CCC(C)C)c3cccc(c13)N2. The summed E-state index contributed by atoms with van der Waals surface area (Å²) in [4.78, 5) is 27.3. The van der Waals surface area contributed by atoms with Gasteiger partial charge in [0.25, 0.3) is 5.91 Å². The second kappa shape index (κ2) is 8.55. The number of nitrogens with zero attached hydrogens (tertiary/aromatic N) is 2. The van der Waals surface area contributed by atoms with Gasteiger partial charge in [0, 0.05) is 42.0 Å². The van der Waals surface area contributed by atoms with E-state index in [9.17, 15) is 9.59 Å². The van der Waals surface area contributed by atoms with E-state index in [0.717, 1.165) is 52.1 Å². The van der Waals surface area contributed by atoms with E-state index >= 15 is 0 Å². The molecule has 2 aliphatic heterocycles. The molecule has 2 aromatic heterocycles. The Kier molecular flexibility index (Phi) is 5.32. The molecule has 1 N–H and O–H groups in total. The molecule has 0 spiro atoms. The lowest BCUT2D eigenvalue weighted by Crippen LogP contribution is -2.33. The zero-order chi connectivity index (χ0) is 25.0. The van der Waals surface area contributed by atoms with Gasteiger partial charge in [0.05, 0.1) is 23.6 Å². The summed E-state index contributed by atoms with van der Waals surface area (Å²) >= 11 is 0. The third-order valence-electron chi connectivity index (χ3n) is 7.23. The highest BCUT2D eigenvalue weighted by Crippen LogP contribution is 2.47. The second-order valence-electron chi connectivity index (χ2n) is 10.1. The Morgan fingerprint density at radius 1 is 1.08 bits per heavy atom. The molecule has 182 valence electrons. The van der Waals surface area contributed by atoms with E-state index in [1.54, 1.807) is 0 Å².